The first-order valence-corrected chi connectivity index (χ1v) is 6.63. The average Bonchev–Trinajstić information content (AvgIpc) is 2.95. The fraction of sp³-hybridized carbons (Fsp3) is 0.267. The molecule has 1 aliphatic rings. The summed E-state index contributed by atoms with van der Waals surface area (Å²) in [5.41, 5.74) is 6.47. The number of benzene rings is 1. The molecule has 1 aliphatic heterocycles. The topological polar surface area (TPSA) is 76.3 Å². The van der Waals surface area contributed by atoms with Crippen molar-refractivity contribution in [2.75, 3.05) is 6.54 Å². The highest BCUT2D eigenvalue weighted by Gasteiger charge is 2.33. The molecule has 20 heavy (non-hydrogen) atoms. The van der Waals surface area contributed by atoms with E-state index in [1.54, 1.807) is 6.07 Å². The van der Waals surface area contributed by atoms with Crippen molar-refractivity contribution in [1.82, 2.24) is 9.88 Å². The van der Waals surface area contributed by atoms with Crippen LogP contribution in [-0.2, 0) is 4.79 Å². The third kappa shape index (κ3) is 2.11. The number of rotatable bonds is 2. The standard InChI is InChI=1S/C15H15N3O2/c16-14(19)13-6-3-9-18(13)15(20)12-8-7-10-4-1-2-5-11(10)17-12/h1-2,4-5,7-8,13H,3,6,9H2,(H2,16,19). The van der Waals surface area contributed by atoms with Gasteiger partial charge in [0.15, 0.2) is 0 Å². The first-order valence-electron chi connectivity index (χ1n) is 6.63. The molecule has 1 aromatic carbocycles. The number of carbonyl (C=O) groups is 2. The van der Waals surface area contributed by atoms with Crippen LogP contribution in [-0.4, -0.2) is 34.3 Å². The summed E-state index contributed by atoms with van der Waals surface area (Å²) in [5, 5.41) is 0.983. The van der Waals surface area contributed by atoms with Crippen LogP contribution >= 0.6 is 0 Å². The highest BCUT2D eigenvalue weighted by atomic mass is 16.2. The van der Waals surface area contributed by atoms with E-state index in [1.807, 2.05) is 30.3 Å². The van der Waals surface area contributed by atoms with Gasteiger partial charge in [0.05, 0.1) is 5.52 Å². The van der Waals surface area contributed by atoms with Crippen LogP contribution in [0.2, 0.25) is 0 Å². The molecule has 1 unspecified atom stereocenters. The number of likely N-dealkylation sites (tertiary alicyclic amines) is 1. The molecule has 5 heteroatoms. The third-order valence-electron chi connectivity index (χ3n) is 3.66. The van der Waals surface area contributed by atoms with Crippen LogP contribution < -0.4 is 5.73 Å². The number of nitrogens with two attached hydrogens (primary N) is 1. The molecule has 0 saturated carbocycles. The molecule has 1 atom stereocenters. The number of hydrogen-bond donors (Lipinski definition) is 1. The summed E-state index contributed by atoms with van der Waals surface area (Å²) < 4.78 is 0. The monoisotopic (exact) mass is 269 g/mol. The highest BCUT2D eigenvalue weighted by Crippen LogP contribution is 2.20. The number of amides is 2. The van der Waals surface area contributed by atoms with Crippen molar-refractivity contribution in [2.24, 2.45) is 5.73 Å². The van der Waals surface area contributed by atoms with E-state index >= 15 is 0 Å². The molecule has 1 saturated heterocycles. The quantitative estimate of drug-likeness (QED) is 0.893. The molecule has 2 heterocycles. The Morgan fingerprint density at radius 3 is 2.80 bits per heavy atom. The van der Waals surface area contributed by atoms with Crippen molar-refractivity contribution in [3.63, 3.8) is 0 Å². The minimum Gasteiger partial charge on any atom is -0.368 e. The van der Waals surface area contributed by atoms with E-state index in [0.717, 1.165) is 17.3 Å². The number of para-hydroxylation sites is 1. The van der Waals surface area contributed by atoms with Crippen LogP contribution in [0.3, 0.4) is 0 Å². The van der Waals surface area contributed by atoms with Crippen molar-refractivity contribution < 1.29 is 9.59 Å². The molecule has 0 bridgehead atoms. The molecule has 0 aliphatic carbocycles. The number of hydrogen-bond acceptors (Lipinski definition) is 3. The number of carbonyl (C=O) groups excluding carboxylic acids is 2. The summed E-state index contributed by atoms with van der Waals surface area (Å²) >= 11 is 0. The minimum absolute atomic E-state index is 0.225. The summed E-state index contributed by atoms with van der Waals surface area (Å²) in [6.07, 6.45) is 1.43. The predicted molar refractivity (Wildman–Crippen MR) is 75.0 cm³/mol. The van der Waals surface area contributed by atoms with E-state index in [4.69, 9.17) is 5.73 Å². The van der Waals surface area contributed by atoms with Gasteiger partial charge in [-0.15, -0.1) is 0 Å². The molecule has 3 rings (SSSR count). The zero-order valence-electron chi connectivity index (χ0n) is 11.0. The Balaban J connectivity index is 1.94. The fourth-order valence-corrected chi connectivity index (χ4v) is 2.64. The lowest BCUT2D eigenvalue weighted by Gasteiger charge is -2.21. The van der Waals surface area contributed by atoms with Gasteiger partial charge in [-0.25, -0.2) is 4.98 Å². The number of primary amides is 1. The Bertz CT molecular complexity index is 684. The van der Waals surface area contributed by atoms with Gasteiger partial charge >= 0.3 is 0 Å². The van der Waals surface area contributed by atoms with Crippen LogP contribution in [0.25, 0.3) is 10.9 Å². The maximum atomic E-state index is 12.5. The van der Waals surface area contributed by atoms with E-state index in [-0.39, 0.29) is 5.91 Å². The van der Waals surface area contributed by atoms with E-state index < -0.39 is 11.9 Å². The minimum atomic E-state index is -0.504. The lowest BCUT2D eigenvalue weighted by molar-refractivity contribution is -0.121. The van der Waals surface area contributed by atoms with Crippen LogP contribution in [0.1, 0.15) is 23.3 Å². The second-order valence-electron chi connectivity index (χ2n) is 4.95. The predicted octanol–water partition coefficient (Wildman–Crippen LogP) is 1.32. The maximum absolute atomic E-state index is 12.5. The normalized spacial score (nSPS) is 18.4. The molecule has 2 N–H and O–H groups in total. The van der Waals surface area contributed by atoms with Crippen molar-refractivity contribution in [3.05, 3.63) is 42.1 Å². The van der Waals surface area contributed by atoms with Gasteiger partial charge in [-0.05, 0) is 25.0 Å². The van der Waals surface area contributed by atoms with Gasteiger partial charge in [-0.2, -0.15) is 0 Å². The molecule has 2 aromatic rings. The summed E-state index contributed by atoms with van der Waals surface area (Å²) in [5.74, 6) is -0.673. The van der Waals surface area contributed by atoms with E-state index in [2.05, 4.69) is 4.98 Å². The van der Waals surface area contributed by atoms with Crippen molar-refractivity contribution >= 4 is 22.7 Å². The third-order valence-corrected chi connectivity index (χ3v) is 3.66. The van der Waals surface area contributed by atoms with Crippen molar-refractivity contribution in [3.8, 4) is 0 Å². The van der Waals surface area contributed by atoms with E-state index in [9.17, 15) is 9.59 Å². The number of nitrogens with zero attached hydrogens (tertiary/aromatic N) is 2. The van der Waals surface area contributed by atoms with Gasteiger partial charge in [-0.1, -0.05) is 24.3 Å². The summed E-state index contributed by atoms with van der Waals surface area (Å²) in [7, 11) is 0. The zero-order chi connectivity index (χ0) is 14.1. The molecular weight excluding hydrogens is 254 g/mol. The van der Waals surface area contributed by atoms with Crippen LogP contribution in [0.4, 0.5) is 0 Å². The van der Waals surface area contributed by atoms with Gasteiger partial charge in [0.25, 0.3) is 5.91 Å². The number of fused-ring (bicyclic) bond motifs is 1. The Morgan fingerprint density at radius 2 is 2.00 bits per heavy atom. The highest BCUT2D eigenvalue weighted by molar-refractivity contribution is 5.97. The van der Waals surface area contributed by atoms with Crippen LogP contribution in [0, 0.1) is 0 Å². The molecule has 1 aromatic heterocycles. The van der Waals surface area contributed by atoms with E-state index in [0.29, 0.717) is 18.7 Å². The van der Waals surface area contributed by atoms with Gasteiger partial charge < -0.3 is 10.6 Å². The molecule has 0 radical (unpaired) electrons. The molecule has 1 fully saturated rings. The first kappa shape index (κ1) is 12.6. The lowest BCUT2D eigenvalue weighted by atomic mass is 10.2. The van der Waals surface area contributed by atoms with Gasteiger partial charge in [-0.3, -0.25) is 9.59 Å². The van der Waals surface area contributed by atoms with Crippen molar-refractivity contribution in [1.29, 1.82) is 0 Å². The average molecular weight is 269 g/mol. The fourth-order valence-electron chi connectivity index (χ4n) is 2.64. The summed E-state index contributed by atoms with van der Waals surface area (Å²) in [6.45, 7) is 0.556. The van der Waals surface area contributed by atoms with Crippen molar-refractivity contribution in [2.45, 2.75) is 18.9 Å². The Hall–Kier alpha value is -2.43. The lowest BCUT2D eigenvalue weighted by Crippen LogP contribution is -2.43. The van der Waals surface area contributed by atoms with Gasteiger partial charge in [0.2, 0.25) is 5.91 Å². The Labute approximate surface area is 116 Å². The number of pyridine rings is 1. The van der Waals surface area contributed by atoms with Gasteiger partial charge in [0, 0.05) is 11.9 Å². The van der Waals surface area contributed by atoms with E-state index in [1.165, 1.54) is 4.90 Å². The first-order chi connectivity index (χ1) is 9.66. The maximum Gasteiger partial charge on any atom is 0.273 e. The zero-order valence-corrected chi connectivity index (χ0v) is 11.0. The smallest absolute Gasteiger partial charge is 0.273 e. The van der Waals surface area contributed by atoms with Crippen LogP contribution in [0.5, 0.6) is 0 Å². The second-order valence-corrected chi connectivity index (χ2v) is 4.95. The second kappa shape index (κ2) is 4.92. The molecule has 0 spiro atoms. The summed E-state index contributed by atoms with van der Waals surface area (Å²) in [4.78, 5) is 29.7. The largest absolute Gasteiger partial charge is 0.368 e. The molecule has 2 amide bonds. The Kier molecular flexibility index (Phi) is 3.10. The molecule has 102 valence electrons. The van der Waals surface area contributed by atoms with Gasteiger partial charge in [0.1, 0.15) is 11.7 Å². The molecule has 5 nitrogen and oxygen atoms in total. The Morgan fingerprint density at radius 1 is 1.20 bits per heavy atom. The van der Waals surface area contributed by atoms with Crippen LogP contribution in [0.15, 0.2) is 36.4 Å². The number of aromatic nitrogens is 1. The summed E-state index contributed by atoms with van der Waals surface area (Å²) in [6, 6.07) is 10.7. The molecular formula is C15H15N3O2. The SMILES string of the molecule is NC(=O)C1CCCN1C(=O)c1ccc2ccccc2n1.